The van der Waals surface area contributed by atoms with Crippen LogP contribution in [-0.2, 0) is 13.5 Å². The predicted molar refractivity (Wildman–Crippen MR) is 104 cm³/mol. The van der Waals surface area contributed by atoms with Crippen LogP contribution in [0.1, 0.15) is 12.0 Å². The zero-order chi connectivity index (χ0) is 18.2. The molecule has 1 aliphatic heterocycles. The first-order valence-corrected chi connectivity index (χ1v) is 9.24. The first-order chi connectivity index (χ1) is 13.3. The van der Waals surface area contributed by atoms with Gasteiger partial charge in [0.1, 0.15) is 12.1 Å². The molecule has 0 aliphatic carbocycles. The molecule has 0 spiro atoms. The molecule has 3 aromatic heterocycles. The molecule has 0 saturated carbocycles. The van der Waals surface area contributed by atoms with E-state index in [0.717, 1.165) is 48.5 Å². The van der Waals surface area contributed by atoms with E-state index in [4.69, 9.17) is 0 Å². The number of fused-ring (bicyclic) bond motifs is 1. The van der Waals surface area contributed by atoms with Crippen LogP contribution in [-0.4, -0.2) is 42.6 Å². The van der Waals surface area contributed by atoms with Gasteiger partial charge in [0, 0.05) is 26.3 Å². The van der Waals surface area contributed by atoms with Crippen molar-refractivity contribution in [2.45, 2.75) is 12.8 Å². The lowest BCUT2D eigenvalue weighted by Gasteiger charge is -2.18. The number of para-hydroxylation sites is 1. The Morgan fingerprint density at radius 3 is 2.78 bits per heavy atom. The van der Waals surface area contributed by atoms with Crippen molar-refractivity contribution in [3.05, 3.63) is 60.8 Å². The van der Waals surface area contributed by atoms with Gasteiger partial charge in [-0.2, -0.15) is 10.2 Å². The second kappa shape index (κ2) is 6.50. The van der Waals surface area contributed by atoms with Crippen LogP contribution in [0.15, 0.2) is 55.2 Å². The number of hydrogen-bond acceptors (Lipinski definition) is 5. The molecule has 0 bridgehead atoms. The van der Waals surface area contributed by atoms with E-state index in [-0.39, 0.29) is 0 Å². The third-order valence-electron chi connectivity index (χ3n) is 5.21. The maximum atomic E-state index is 4.59. The van der Waals surface area contributed by atoms with Crippen LogP contribution in [0.3, 0.4) is 0 Å². The first-order valence-electron chi connectivity index (χ1n) is 9.24. The van der Waals surface area contributed by atoms with Gasteiger partial charge in [-0.15, -0.1) is 0 Å². The molecule has 1 saturated heterocycles. The summed E-state index contributed by atoms with van der Waals surface area (Å²) in [5.74, 6) is 1.60. The van der Waals surface area contributed by atoms with Crippen LogP contribution in [0.2, 0.25) is 0 Å². The van der Waals surface area contributed by atoms with Crippen LogP contribution in [0, 0.1) is 5.92 Å². The summed E-state index contributed by atoms with van der Waals surface area (Å²) >= 11 is 0. The van der Waals surface area contributed by atoms with Gasteiger partial charge >= 0.3 is 0 Å². The fraction of sp³-hybridized carbons (Fsp3) is 0.300. The summed E-state index contributed by atoms with van der Waals surface area (Å²) in [7, 11) is 1.96. The quantitative estimate of drug-likeness (QED) is 0.560. The van der Waals surface area contributed by atoms with E-state index in [1.54, 1.807) is 6.33 Å². The standard InChI is InChI=1S/C20H21N7/c1-25-12-16(10-23-25)9-15-7-8-26(13-15)19-18-11-24-27(20(18)22-14-21-19)17-5-3-2-4-6-17/h2-6,10-12,14-15H,7-9,13H2,1H3. The minimum Gasteiger partial charge on any atom is -0.356 e. The lowest BCUT2D eigenvalue weighted by molar-refractivity contribution is 0.586. The van der Waals surface area contributed by atoms with Crippen molar-refractivity contribution in [3.63, 3.8) is 0 Å². The van der Waals surface area contributed by atoms with E-state index < -0.39 is 0 Å². The molecule has 1 unspecified atom stereocenters. The Kier molecular flexibility index (Phi) is 3.85. The molecule has 136 valence electrons. The Morgan fingerprint density at radius 1 is 1.07 bits per heavy atom. The zero-order valence-corrected chi connectivity index (χ0v) is 15.2. The van der Waals surface area contributed by atoms with E-state index >= 15 is 0 Å². The number of benzene rings is 1. The summed E-state index contributed by atoms with van der Waals surface area (Å²) in [4.78, 5) is 11.4. The summed E-state index contributed by atoms with van der Waals surface area (Å²) in [6.45, 7) is 2.01. The van der Waals surface area contributed by atoms with Gasteiger partial charge in [-0.1, -0.05) is 18.2 Å². The Morgan fingerprint density at radius 2 is 1.96 bits per heavy atom. The van der Waals surface area contributed by atoms with Crippen molar-refractivity contribution in [1.29, 1.82) is 0 Å². The number of anilines is 1. The second-order valence-electron chi connectivity index (χ2n) is 7.15. The molecule has 5 rings (SSSR count). The van der Waals surface area contributed by atoms with E-state index in [1.165, 1.54) is 5.56 Å². The smallest absolute Gasteiger partial charge is 0.168 e. The summed E-state index contributed by atoms with van der Waals surface area (Å²) in [5.41, 5.74) is 3.16. The Labute approximate surface area is 157 Å². The van der Waals surface area contributed by atoms with Gasteiger partial charge in [0.15, 0.2) is 5.65 Å². The highest BCUT2D eigenvalue weighted by atomic mass is 15.3. The highest BCUT2D eigenvalue weighted by molar-refractivity contribution is 5.87. The molecular formula is C20H21N7. The third-order valence-corrected chi connectivity index (χ3v) is 5.21. The molecule has 4 aromatic rings. The van der Waals surface area contributed by atoms with Crippen LogP contribution in [0.4, 0.5) is 5.82 Å². The van der Waals surface area contributed by atoms with Crippen LogP contribution >= 0.6 is 0 Å². The number of aryl methyl sites for hydroxylation is 1. The lowest BCUT2D eigenvalue weighted by atomic mass is 10.0. The van der Waals surface area contributed by atoms with Crippen molar-refractivity contribution in [1.82, 2.24) is 29.5 Å². The van der Waals surface area contributed by atoms with E-state index in [0.29, 0.717) is 5.92 Å². The molecule has 7 heteroatoms. The van der Waals surface area contributed by atoms with E-state index in [9.17, 15) is 0 Å². The molecule has 7 nitrogen and oxygen atoms in total. The van der Waals surface area contributed by atoms with E-state index in [1.807, 2.05) is 59.1 Å². The summed E-state index contributed by atoms with van der Waals surface area (Å²) in [5, 5.41) is 9.85. The largest absolute Gasteiger partial charge is 0.356 e. The monoisotopic (exact) mass is 359 g/mol. The average molecular weight is 359 g/mol. The van der Waals surface area contributed by atoms with Gasteiger partial charge in [0.2, 0.25) is 0 Å². The molecule has 1 aliphatic rings. The molecule has 0 N–H and O–H groups in total. The number of aromatic nitrogens is 6. The minimum atomic E-state index is 0.614. The van der Waals surface area contributed by atoms with Crippen molar-refractivity contribution in [2.75, 3.05) is 18.0 Å². The maximum Gasteiger partial charge on any atom is 0.168 e. The number of nitrogens with zero attached hydrogens (tertiary/aromatic N) is 7. The average Bonchev–Trinajstić information content (AvgIpc) is 3.42. The van der Waals surface area contributed by atoms with Gasteiger partial charge in [0.25, 0.3) is 0 Å². The number of rotatable bonds is 4. The normalized spacial score (nSPS) is 17.1. The molecule has 27 heavy (non-hydrogen) atoms. The Hall–Kier alpha value is -3.22. The number of hydrogen-bond donors (Lipinski definition) is 0. The first kappa shape index (κ1) is 16.0. The van der Waals surface area contributed by atoms with Crippen LogP contribution in [0.25, 0.3) is 16.7 Å². The van der Waals surface area contributed by atoms with Crippen molar-refractivity contribution in [2.24, 2.45) is 13.0 Å². The zero-order valence-electron chi connectivity index (χ0n) is 15.2. The summed E-state index contributed by atoms with van der Waals surface area (Å²) in [6, 6.07) is 10.1. The molecule has 1 fully saturated rings. The summed E-state index contributed by atoms with van der Waals surface area (Å²) < 4.78 is 3.75. The predicted octanol–water partition coefficient (Wildman–Crippen LogP) is 2.62. The van der Waals surface area contributed by atoms with Crippen LogP contribution in [0.5, 0.6) is 0 Å². The molecule has 4 heterocycles. The van der Waals surface area contributed by atoms with Gasteiger partial charge < -0.3 is 4.90 Å². The highest BCUT2D eigenvalue weighted by Crippen LogP contribution is 2.30. The summed E-state index contributed by atoms with van der Waals surface area (Å²) in [6.07, 6.45) is 9.82. The Balaban J connectivity index is 1.42. The minimum absolute atomic E-state index is 0.614. The SMILES string of the molecule is Cn1cc(CC2CCN(c3ncnc4c3cnn4-c3ccccc3)C2)cn1. The van der Waals surface area contributed by atoms with Crippen molar-refractivity contribution in [3.8, 4) is 5.69 Å². The maximum absolute atomic E-state index is 4.59. The topological polar surface area (TPSA) is 64.7 Å². The lowest BCUT2D eigenvalue weighted by Crippen LogP contribution is -2.21. The van der Waals surface area contributed by atoms with Gasteiger partial charge in [-0.25, -0.2) is 14.6 Å². The van der Waals surface area contributed by atoms with Gasteiger partial charge in [0.05, 0.1) is 23.5 Å². The molecule has 0 radical (unpaired) electrons. The van der Waals surface area contributed by atoms with E-state index in [2.05, 4.69) is 31.3 Å². The van der Waals surface area contributed by atoms with Gasteiger partial charge in [-0.3, -0.25) is 4.68 Å². The van der Waals surface area contributed by atoms with Crippen molar-refractivity contribution >= 4 is 16.9 Å². The van der Waals surface area contributed by atoms with Crippen LogP contribution < -0.4 is 4.90 Å². The second-order valence-corrected chi connectivity index (χ2v) is 7.15. The third kappa shape index (κ3) is 2.95. The van der Waals surface area contributed by atoms with Gasteiger partial charge in [-0.05, 0) is 36.5 Å². The molecular weight excluding hydrogens is 338 g/mol. The molecule has 1 atom stereocenters. The molecule has 0 amide bonds. The van der Waals surface area contributed by atoms with Crippen molar-refractivity contribution < 1.29 is 0 Å². The highest BCUT2D eigenvalue weighted by Gasteiger charge is 2.26. The Bertz CT molecular complexity index is 1070. The fourth-order valence-corrected chi connectivity index (χ4v) is 3.94. The molecule has 1 aromatic carbocycles. The fourth-order valence-electron chi connectivity index (χ4n) is 3.94.